The van der Waals surface area contributed by atoms with Gasteiger partial charge in [0.05, 0.1) is 6.54 Å². The molecule has 5 nitrogen and oxygen atoms in total. The molecule has 0 unspecified atom stereocenters. The van der Waals surface area contributed by atoms with Crippen LogP contribution in [0.15, 0.2) is 78.0 Å². The van der Waals surface area contributed by atoms with Crippen molar-refractivity contribution in [2.75, 3.05) is 5.43 Å². The minimum Gasteiger partial charge on any atom is -0.489 e. The Kier molecular flexibility index (Phi) is 7.29. The van der Waals surface area contributed by atoms with Crippen molar-refractivity contribution >= 4 is 23.4 Å². The minimum atomic E-state index is -0.244. The van der Waals surface area contributed by atoms with Gasteiger partial charge in [-0.15, -0.1) is 10.2 Å². The van der Waals surface area contributed by atoms with Crippen LogP contribution in [-0.4, -0.2) is 14.9 Å². The van der Waals surface area contributed by atoms with Crippen LogP contribution >= 0.6 is 23.4 Å². The van der Waals surface area contributed by atoms with Crippen LogP contribution in [0.25, 0.3) is 0 Å². The van der Waals surface area contributed by atoms with Gasteiger partial charge in [-0.25, -0.2) is 9.07 Å². The van der Waals surface area contributed by atoms with E-state index in [-0.39, 0.29) is 5.82 Å². The lowest BCUT2D eigenvalue weighted by Crippen LogP contribution is -2.17. The van der Waals surface area contributed by atoms with Gasteiger partial charge in [-0.3, -0.25) is 0 Å². The van der Waals surface area contributed by atoms with Crippen molar-refractivity contribution in [2.24, 2.45) is 0 Å². The standard InChI is InChI=1S/C24H22ClFN4OS/c1-17-28-29-24(32-16-19-7-10-22(26)11-8-19)30(17)27-14-20-13-21(25)9-12-23(20)31-15-18-5-3-2-4-6-18/h2-13,27H,14-16H2,1H3. The number of halogens is 2. The smallest absolute Gasteiger partial charge is 0.210 e. The lowest BCUT2D eigenvalue weighted by molar-refractivity contribution is 0.303. The number of hydrogen-bond donors (Lipinski definition) is 1. The van der Waals surface area contributed by atoms with E-state index >= 15 is 0 Å². The quantitative estimate of drug-likeness (QED) is 0.305. The molecule has 0 aliphatic carbocycles. The van der Waals surface area contributed by atoms with E-state index in [0.717, 1.165) is 33.4 Å². The summed E-state index contributed by atoms with van der Waals surface area (Å²) in [5.41, 5.74) is 6.39. The Hall–Kier alpha value is -3.03. The molecule has 4 aromatic rings. The summed E-state index contributed by atoms with van der Waals surface area (Å²) in [6, 6.07) is 22.1. The molecule has 0 bridgehead atoms. The van der Waals surface area contributed by atoms with Gasteiger partial charge in [-0.1, -0.05) is 65.8 Å². The summed E-state index contributed by atoms with van der Waals surface area (Å²) >= 11 is 7.76. The van der Waals surface area contributed by atoms with Gasteiger partial charge in [0.15, 0.2) is 0 Å². The average molecular weight is 469 g/mol. The predicted octanol–water partition coefficient (Wildman–Crippen LogP) is 5.99. The fraction of sp³-hybridized carbons (Fsp3) is 0.167. The number of benzene rings is 3. The number of hydrogen-bond acceptors (Lipinski definition) is 5. The second kappa shape index (κ2) is 10.5. The number of aryl methyl sites for hydroxylation is 1. The molecule has 164 valence electrons. The molecule has 32 heavy (non-hydrogen) atoms. The fourth-order valence-electron chi connectivity index (χ4n) is 3.07. The second-order valence-electron chi connectivity index (χ2n) is 7.14. The molecule has 0 saturated carbocycles. The van der Waals surface area contributed by atoms with Gasteiger partial charge in [-0.05, 0) is 48.4 Å². The molecule has 0 atom stereocenters. The van der Waals surface area contributed by atoms with Crippen molar-refractivity contribution in [3.8, 4) is 5.75 Å². The van der Waals surface area contributed by atoms with E-state index in [4.69, 9.17) is 16.3 Å². The molecule has 0 fully saturated rings. The number of nitrogens with one attached hydrogen (secondary N) is 1. The Morgan fingerprint density at radius 3 is 2.56 bits per heavy atom. The summed E-state index contributed by atoms with van der Waals surface area (Å²) in [5.74, 6) is 1.91. The molecule has 0 saturated heterocycles. The molecule has 3 aromatic carbocycles. The van der Waals surface area contributed by atoms with E-state index in [9.17, 15) is 4.39 Å². The van der Waals surface area contributed by atoms with Crippen LogP contribution in [0.1, 0.15) is 22.5 Å². The first-order chi connectivity index (χ1) is 15.6. The first-order valence-corrected chi connectivity index (χ1v) is 11.4. The fourth-order valence-corrected chi connectivity index (χ4v) is 4.18. The average Bonchev–Trinajstić information content (AvgIpc) is 3.16. The monoisotopic (exact) mass is 468 g/mol. The highest BCUT2D eigenvalue weighted by molar-refractivity contribution is 7.98. The molecule has 0 aliphatic rings. The zero-order valence-corrected chi connectivity index (χ0v) is 19.0. The van der Waals surface area contributed by atoms with E-state index < -0.39 is 0 Å². The van der Waals surface area contributed by atoms with Crippen LogP contribution in [0, 0.1) is 12.7 Å². The molecule has 0 spiro atoms. The third-order valence-electron chi connectivity index (χ3n) is 4.76. The third-order valence-corrected chi connectivity index (χ3v) is 6.00. The number of nitrogens with zero attached hydrogens (tertiary/aromatic N) is 3. The molecule has 0 aliphatic heterocycles. The molecule has 0 radical (unpaired) electrons. The summed E-state index contributed by atoms with van der Waals surface area (Å²) in [6.45, 7) is 2.83. The first-order valence-electron chi connectivity index (χ1n) is 10.1. The van der Waals surface area contributed by atoms with Crippen molar-refractivity contribution in [3.63, 3.8) is 0 Å². The maximum atomic E-state index is 13.1. The summed E-state index contributed by atoms with van der Waals surface area (Å²) in [6.07, 6.45) is 0. The van der Waals surface area contributed by atoms with Gasteiger partial charge in [0.1, 0.15) is 24.0 Å². The molecule has 1 N–H and O–H groups in total. The molecule has 8 heteroatoms. The molecular weight excluding hydrogens is 447 g/mol. The van der Waals surface area contributed by atoms with Crippen molar-refractivity contribution in [1.29, 1.82) is 0 Å². The van der Waals surface area contributed by atoms with Gasteiger partial charge in [0.25, 0.3) is 0 Å². The number of ether oxygens (including phenoxy) is 1. The van der Waals surface area contributed by atoms with E-state index in [2.05, 4.69) is 15.6 Å². The highest BCUT2D eigenvalue weighted by Gasteiger charge is 2.12. The van der Waals surface area contributed by atoms with Crippen LogP contribution in [0.2, 0.25) is 5.02 Å². The Labute approximate surface area is 195 Å². The molecule has 0 amide bonds. The van der Waals surface area contributed by atoms with E-state index in [1.54, 1.807) is 12.1 Å². The highest BCUT2D eigenvalue weighted by atomic mass is 35.5. The zero-order valence-electron chi connectivity index (χ0n) is 17.5. The first kappa shape index (κ1) is 22.2. The predicted molar refractivity (Wildman–Crippen MR) is 126 cm³/mol. The topological polar surface area (TPSA) is 52.0 Å². The van der Waals surface area contributed by atoms with Gasteiger partial charge >= 0.3 is 0 Å². The van der Waals surface area contributed by atoms with Crippen LogP contribution in [0.3, 0.4) is 0 Å². The Balaban J connectivity index is 1.43. The van der Waals surface area contributed by atoms with E-state index in [1.807, 2.05) is 60.1 Å². The zero-order chi connectivity index (χ0) is 22.3. The van der Waals surface area contributed by atoms with E-state index in [1.165, 1.54) is 23.9 Å². The highest BCUT2D eigenvalue weighted by Crippen LogP contribution is 2.25. The third kappa shape index (κ3) is 5.81. The Morgan fingerprint density at radius 1 is 1.00 bits per heavy atom. The number of rotatable bonds is 9. The number of thioether (sulfide) groups is 1. The molecule has 4 rings (SSSR count). The largest absolute Gasteiger partial charge is 0.489 e. The number of aromatic nitrogens is 3. The second-order valence-corrected chi connectivity index (χ2v) is 8.52. The van der Waals surface area contributed by atoms with Crippen LogP contribution in [0.5, 0.6) is 5.75 Å². The van der Waals surface area contributed by atoms with Crippen LogP contribution < -0.4 is 10.2 Å². The summed E-state index contributed by atoms with van der Waals surface area (Å²) in [7, 11) is 0. The summed E-state index contributed by atoms with van der Waals surface area (Å²) < 4.78 is 21.0. The van der Waals surface area contributed by atoms with Crippen molar-refractivity contribution in [2.45, 2.75) is 31.0 Å². The normalized spacial score (nSPS) is 10.8. The maximum Gasteiger partial charge on any atom is 0.210 e. The maximum absolute atomic E-state index is 13.1. The van der Waals surface area contributed by atoms with Crippen molar-refractivity contribution in [3.05, 3.63) is 106 Å². The minimum absolute atomic E-state index is 0.244. The summed E-state index contributed by atoms with van der Waals surface area (Å²) in [4.78, 5) is 0. The Bertz CT molecular complexity index is 1170. The molecule has 1 aromatic heterocycles. The van der Waals surface area contributed by atoms with Gasteiger partial charge in [-0.2, -0.15) is 0 Å². The molecule has 1 heterocycles. The van der Waals surface area contributed by atoms with Gasteiger partial charge in [0, 0.05) is 16.3 Å². The van der Waals surface area contributed by atoms with E-state index in [0.29, 0.717) is 23.9 Å². The lowest BCUT2D eigenvalue weighted by atomic mass is 10.2. The SMILES string of the molecule is Cc1nnc(SCc2ccc(F)cc2)n1NCc1cc(Cl)ccc1OCc1ccccc1. The summed E-state index contributed by atoms with van der Waals surface area (Å²) in [5, 5.41) is 9.80. The molecular formula is C24H22ClFN4OS. The Morgan fingerprint density at radius 2 is 1.78 bits per heavy atom. The van der Waals surface area contributed by atoms with Crippen LogP contribution in [-0.2, 0) is 18.9 Å². The van der Waals surface area contributed by atoms with Gasteiger partial charge < -0.3 is 10.2 Å². The van der Waals surface area contributed by atoms with Crippen molar-refractivity contribution in [1.82, 2.24) is 14.9 Å². The van der Waals surface area contributed by atoms with Crippen molar-refractivity contribution < 1.29 is 9.13 Å². The lowest BCUT2D eigenvalue weighted by Gasteiger charge is -2.15. The van der Waals surface area contributed by atoms with Crippen LogP contribution in [0.4, 0.5) is 4.39 Å². The van der Waals surface area contributed by atoms with Gasteiger partial charge in [0.2, 0.25) is 5.16 Å².